The number of aromatic amines is 1. The Bertz CT molecular complexity index is 1470. The van der Waals surface area contributed by atoms with E-state index in [2.05, 4.69) is 36.6 Å². The van der Waals surface area contributed by atoms with Crippen LogP contribution >= 0.6 is 0 Å². The Balaban J connectivity index is 0.00000552. The van der Waals surface area contributed by atoms with Gasteiger partial charge in [-0.1, -0.05) is 81.4 Å². The predicted octanol–water partition coefficient (Wildman–Crippen LogP) is 1.71. The van der Waals surface area contributed by atoms with Crippen LogP contribution in [-0.2, 0) is 36.9 Å². The number of carbonyl (C=O) groups excluding carboxylic acids is 4. The van der Waals surface area contributed by atoms with Gasteiger partial charge in [-0.2, -0.15) is 5.21 Å². The summed E-state index contributed by atoms with van der Waals surface area (Å²) in [5, 5.41) is 30.8. The summed E-state index contributed by atoms with van der Waals surface area (Å²) in [6.45, 7) is 3.29. The van der Waals surface area contributed by atoms with Gasteiger partial charge in [0.05, 0.1) is 19.0 Å². The second kappa shape index (κ2) is 16.1. The Morgan fingerprint density at radius 1 is 1.02 bits per heavy atom. The summed E-state index contributed by atoms with van der Waals surface area (Å²) in [7, 11) is 0. The molecule has 0 saturated carbocycles. The molecule has 0 fully saturated rings. The molecule has 0 spiro atoms. The average Bonchev–Trinajstić information content (AvgIpc) is 3.69. The SMILES string of the molecule is C.CC[C@H](C)[C@H](NC(=O)C(CCC(=O)O)c1ccccc1)C(=O)NCC(=O)N1c2ccccc2C[C@H]1C(=O)NCc1nn[nH]n1. The summed E-state index contributed by atoms with van der Waals surface area (Å²) >= 11 is 0. The van der Waals surface area contributed by atoms with Crippen LogP contribution in [0.15, 0.2) is 54.6 Å². The fourth-order valence-corrected chi connectivity index (χ4v) is 5.16. The molecule has 0 aliphatic carbocycles. The van der Waals surface area contributed by atoms with E-state index >= 15 is 0 Å². The molecule has 14 heteroatoms. The Morgan fingerprint density at radius 2 is 1.73 bits per heavy atom. The van der Waals surface area contributed by atoms with E-state index in [9.17, 15) is 29.1 Å². The van der Waals surface area contributed by atoms with Gasteiger partial charge in [-0.25, -0.2) is 0 Å². The Kier molecular flexibility index (Phi) is 12.3. The van der Waals surface area contributed by atoms with Gasteiger partial charge in [-0.05, 0) is 29.5 Å². The maximum atomic E-state index is 13.5. The number of nitrogens with zero attached hydrogens (tertiary/aromatic N) is 4. The van der Waals surface area contributed by atoms with Crippen molar-refractivity contribution in [3.8, 4) is 0 Å². The highest BCUT2D eigenvalue weighted by atomic mass is 16.4. The summed E-state index contributed by atoms with van der Waals surface area (Å²) in [6.07, 6.45) is 0.683. The zero-order chi connectivity index (χ0) is 31.6. The minimum absolute atomic E-state index is 0. The fourth-order valence-electron chi connectivity index (χ4n) is 5.16. The number of fused-ring (bicyclic) bond motifs is 1. The largest absolute Gasteiger partial charge is 0.481 e. The van der Waals surface area contributed by atoms with Crippen LogP contribution in [0.3, 0.4) is 0 Å². The molecule has 1 aliphatic heterocycles. The number of anilines is 1. The monoisotopic (exact) mass is 620 g/mol. The molecule has 0 saturated heterocycles. The predicted molar refractivity (Wildman–Crippen MR) is 165 cm³/mol. The molecule has 45 heavy (non-hydrogen) atoms. The molecule has 2 heterocycles. The first-order valence-corrected chi connectivity index (χ1v) is 14.4. The molecule has 0 radical (unpaired) electrons. The zero-order valence-electron chi connectivity index (χ0n) is 24.5. The molecule has 2 aromatic carbocycles. The van der Waals surface area contributed by atoms with Gasteiger partial charge in [0.25, 0.3) is 0 Å². The molecule has 1 aromatic heterocycles. The van der Waals surface area contributed by atoms with Crippen LogP contribution in [-0.4, -0.2) is 74.0 Å². The molecule has 4 atom stereocenters. The van der Waals surface area contributed by atoms with E-state index in [1.165, 1.54) is 4.90 Å². The van der Waals surface area contributed by atoms with Gasteiger partial charge >= 0.3 is 5.97 Å². The maximum absolute atomic E-state index is 13.5. The number of amides is 4. The molecule has 5 N–H and O–H groups in total. The molecule has 14 nitrogen and oxygen atoms in total. The molecule has 4 rings (SSSR count). The quantitative estimate of drug-likeness (QED) is 0.178. The van der Waals surface area contributed by atoms with Crippen LogP contribution in [0.1, 0.15) is 63.4 Å². The van der Waals surface area contributed by atoms with Crippen molar-refractivity contribution in [1.82, 2.24) is 36.6 Å². The number of nitrogens with one attached hydrogen (secondary N) is 4. The highest BCUT2D eigenvalue weighted by Gasteiger charge is 2.38. The van der Waals surface area contributed by atoms with Crippen molar-refractivity contribution in [2.24, 2.45) is 5.92 Å². The molecule has 3 aromatic rings. The van der Waals surface area contributed by atoms with Gasteiger partial charge in [-0.15, -0.1) is 10.2 Å². The third kappa shape index (κ3) is 8.71. The van der Waals surface area contributed by atoms with Gasteiger partial charge in [-0.3, -0.25) is 28.9 Å². The van der Waals surface area contributed by atoms with E-state index < -0.39 is 54.1 Å². The van der Waals surface area contributed by atoms with Crippen molar-refractivity contribution in [2.45, 2.75) is 71.5 Å². The van der Waals surface area contributed by atoms with Crippen LogP contribution in [0, 0.1) is 5.92 Å². The second-order valence-electron chi connectivity index (χ2n) is 10.6. The fraction of sp³-hybridized carbons (Fsp3) is 0.419. The number of para-hydroxylation sites is 1. The number of aromatic nitrogens is 4. The van der Waals surface area contributed by atoms with E-state index in [0.29, 0.717) is 17.7 Å². The number of hydrogen-bond acceptors (Lipinski definition) is 8. The third-order valence-corrected chi connectivity index (χ3v) is 7.73. The smallest absolute Gasteiger partial charge is 0.303 e. The Morgan fingerprint density at radius 3 is 2.40 bits per heavy atom. The van der Waals surface area contributed by atoms with Crippen molar-refractivity contribution in [2.75, 3.05) is 11.4 Å². The average molecular weight is 621 g/mol. The first kappa shape index (κ1) is 34.4. The first-order valence-electron chi connectivity index (χ1n) is 14.4. The maximum Gasteiger partial charge on any atom is 0.303 e. The normalized spacial score (nSPS) is 15.5. The van der Waals surface area contributed by atoms with Crippen LogP contribution in [0.4, 0.5) is 5.69 Å². The minimum atomic E-state index is -1.03. The first-order chi connectivity index (χ1) is 21.2. The number of tetrazole rings is 1. The third-order valence-electron chi connectivity index (χ3n) is 7.73. The van der Waals surface area contributed by atoms with Gasteiger partial charge in [0.2, 0.25) is 23.6 Å². The van der Waals surface area contributed by atoms with Crippen molar-refractivity contribution in [3.63, 3.8) is 0 Å². The number of carbonyl (C=O) groups is 5. The highest BCUT2D eigenvalue weighted by molar-refractivity contribution is 6.05. The van der Waals surface area contributed by atoms with Crippen LogP contribution in [0.2, 0.25) is 0 Å². The summed E-state index contributed by atoms with van der Waals surface area (Å²) in [4.78, 5) is 66.2. The van der Waals surface area contributed by atoms with E-state index in [-0.39, 0.29) is 45.0 Å². The van der Waals surface area contributed by atoms with E-state index in [0.717, 1.165) is 5.56 Å². The summed E-state index contributed by atoms with van der Waals surface area (Å²) in [6, 6.07) is 14.1. The standard InChI is InChI=1S/C30H36N8O6.CH4/c1-3-18(2)27(33-28(42)21(13-14-26(40)41)19-9-5-4-6-10-19)30(44)32-17-25(39)38-22-12-8-7-11-20(22)15-23(38)29(43)31-16-24-34-36-37-35-24;/h4-12,18,21,23,27H,3,13-17H2,1-2H3,(H,31,43)(H,32,44)(H,33,42)(H,40,41)(H,34,35,36,37);1H4/t18-,21?,23-,27-;/m0./s1. The molecule has 1 unspecified atom stereocenters. The number of carboxylic acids is 1. The Hall–Kier alpha value is -5.14. The summed E-state index contributed by atoms with van der Waals surface area (Å²) < 4.78 is 0. The lowest BCUT2D eigenvalue weighted by atomic mass is 9.91. The number of hydrogen-bond donors (Lipinski definition) is 5. The number of benzene rings is 2. The number of H-pyrrole nitrogens is 1. The molecule has 4 amide bonds. The van der Waals surface area contributed by atoms with Crippen molar-refractivity contribution in [1.29, 1.82) is 0 Å². The van der Waals surface area contributed by atoms with E-state index in [4.69, 9.17) is 0 Å². The number of rotatable bonds is 14. The zero-order valence-corrected chi connectivity index (χ0v) is 24.5. The van der Waals surface area contributed by atoms with Gasteiger partial charge in [0.15, 0.2) is 5.82 Å². The van der Waals surface area contributed by atoms with Crippen molar-refractivity contribution < 1.29 is 29.1 Å². The molecular formula is C31H40N8O6. The van der Waals surface area contributed by atoms with Gasteiger partial charge < -0.3 is 21.1 Å². The van der Waals surface area contributed by atoms with Crippen molar-refractivity contribution >= 4 is 35.3 Å². The molecule has 240 valence electrons. The number of aliphatic carboxylic acids is 1. The van der Waals surface area contributed by atoms with Crippen LogP contribution in [0.25, 0.3) is 0 Å². The van der Waals surface area contributed by atoms with Gasteiger partial charge in [0, 0.05) is 18.5 Å². The molecule has 0 bridgehead atoms. The lowest BCUT2D eigenvalue weighted by Gasteiger charge is -2.28. The topological polar surface area (TPSA) is 199 Å². The number of carboxylic acid groups (broad SMARTS) is 1. The van der Waals surface area contributed by atoms with Crippen LogP contribution < -0.4 is 20.9 Å². The summed E-state index contributed by atoms with van der Waals surface area (Å²) in [5.41, 5.74) is 2.02. The minimum Gasteiger partial charge on any atom is -0.481 e. The van der Waals surface area contributed by atoms with Crippen LogP contribution in [0.5, 0.6) is 0 Å². The lowest BCUT2D eigenvalue weighted by molar-refractivity contribution is -0.137. The lowest BCUT2D eigenvalue weighted by Crippen LogP contribution is -2.54. The second-order valence-corrected chi connectivity index (χ2v) is 10.6. The summed E-state index contributed by atoms with van der Waals surface area (Å²) in [5.74, 6) is -3.76. The van der Waals surface area contributed by atoms with E-state index in [1.54, 1.807) is 42.5 Å². The van der Waals surface area contributed by atoms with E-state index in [1.807, 2.05) is 26.0 Å². The molecular weight excluding hydrogens is 580 g/mol. The Labute approximate surface area is 261 Å². The highest BCUT2D eigenvalue weighted by Crippen LogP contribution is 2.32. The molecule has 1 aliphatic rings. The van der Waals surface area contributed by atoms with Crippen molar-refractivity contribution in [3.05, 3.63) is 71.5 Å². The van der Waals surface area contributed by atoms with Gasteiger partial charge in [0.1, 0.15) is 12.1 Å².